The van der Waals surface area contributed by atoms with Gasteiger partial charge in [0.2, 0.25) is 0 Å². The molecule has 33 heavy (non-hydrogen) atoms. The summed E-state index contributed by atoms with van der Waals surface area (Å²) in [6, 6.07) is 13.0. The lowest BCUT2D eigenvalue weighted by Gasteiger charge is -2.37. The van der Waals surface area contributed by atoms with E-state index in [9.17, 15) is 13.6 Å². The van der Waals surface area contributed by atoms with Crippen LogP contribution < -0.4 is 5.32 Å². The van der Waals surface area contributed by atoms with Crippen LogP contribution in [0.3, 0.4) is 0 Å². The Labute approximate surface area is 197 Å². The zero-order chi connectivity index (χ0) is 23.4. The largest absolute Gasteiger partial charge is 0.341 e. The van der Waals surface area contributed by atoms with Crippen molar-refractivity contribution < 1.29 is 13.6 Å². The molecule has 2 aliphatic rings. The number of halogens is 2. The lowest BCUT2D eigenvalue weighted by atomic mass is 10.00. The van der Waals surface area contributed by atoms with E-state index in [-0.39, 0.29) is 16.6 Å². The quantitative estimate of drug-likeness (QED) is 0.441. The third-order valence-corrected chi connectivity index (χ3v) is 7.30. The van der Waals surface area contributed by atoms with E-state index >= 15 is 0 Å². The van der Waals surface area contributed by atoms with Crippen molar-refractivity contribution in [2.45, 2.75) is 36.6 Å². The minimum atomic E-state index is -0.871. The lowest BCUT2D eigenvalue weighted by Crippen LogP contribution is -2.46. The number of nitrogens with one attached hydrogen (secondary N) is 1. The number of urea groups is 1. The molecule has 0 fully saturated rings. The molecule has 2 atom stereocenters. The van der Waals surface area contributed by atoms with Gasteiger partial charge in [-0.2, -0.15) is 10.1 Å². The summed E-state index contributed by atoms with van der Waals surface area (Å²) >= 11 is 1.30. The van der Waals surface area contributed by atoms with E-state index in [0.717, 1.165) is 49.6 Å². The number of benzene rings is 2. The number of rotatable bonds is 7. The monoisotopic (exact) mass is 470 g/mol. The first-order valence-corrected chi connectivity index (χ1v) is 11.9. The molecule has 4 rings (SSSR count). The van der Waals surface area contributed by atoms with E-state index < -0.39 is 16.5 Å². The highest BCUT2D eigenvalue weighted by Gasteiger charge is 2.49. The molecule has 2 amide bonds. The molecule has 2 aromatic carbocycles. The fourth-order valence-corrected chi connectivity index (χ4v) is 5.57. The third kappa shape index (κ3) is 4.96. The van der Waals surface area contributed by atoms with Crippen molar-refractivity contribution in [2.24, 2.45) is 5.10 Å². The highest BCUT2D eigenvalue weighted by Crippen LogP contribution is 2.50. The van der Waals surface area contributed by atoms with Gasteiger partial charge in [0, 0.05) is 25.7 Å². The average molecular weight is 471 g/mol. The van der Waals surface area contributed by atoms with Crippen molar-refractivity contribution in [1.29, 1.82) is 0 Å². The molecule has 8 heteroatoms. The molecule has 0 saturated heterocycles. The Morgan fingerprint density at radius 3 is 2.73 bits per heavy atom. The maximum atomic E-state index is 14.7. The molecule has 2 unspecified atom stereocenters. The molecule has 0 saturated carbocycles. The van der Waals surface area contributed by atoms with Crippen molar-refractivity contribution in [3.63, 3.8) is 0 Å². The van der Waals surface area contributed by atoms with E-state index in [2.05, 4.69) is 22.6 Å². The van der Waals surface area contributed by atoms with Gasteiger partial charge in [-0.1, -0.05) is 54.2 Å². The van der Waals surface area contributed by atoms with E-state index in [1.54, 1.807) is 14.1 Å². The summed E-state index contributed by atoms with van der Waals surface area (Å²) in [5, 5.41) is 9.82. The van der Waals surface area contributed by atoms with Crippen LogP contribution in [0.4, 0.5) is 13.6 Å². The summed E-state index contributed by atoms with van der Waals surface area (Å²) in [5.41, 5.74) is 0.949. The van der Waals surface area contributed by atoms with E-state index in [1.165, 1.54) is 21.7 Å². The summed E-state index contributed by atoms with van der Waals surface area (Å²) in [4.78, 5) is 13.8. The van der Waals surface area contributed by atoms with Crippen LogP contribution in [-0.2, 0) is 4.87 Å². The molecule has 0 bridgehead atoms. The van der Waals surface area contributed by atoms with Crippen LogP contribution in [-0.4, -0.2) is 47.7 Å². The third-order valence-electron chi connectivity index (χ3n) is 5.86. The molecular weight excluding hydrogens is 442 g/mol. The zero-order valence-corrected chi connectivity index (χ0v) is 19.6. The van der Waals surface area contributed by atoms with Gasteiger partial charge in [0.15, 0.2) is 0 Å². The molecular formula is C25H28F2N4OS. The number of thioether (sulfide) groups is 1. The Morgan fingerprint density at radius 2 is 2.03 bits per heavy atom. The van der Waals surface area contributed by atoms with Crippen LogP contribution in [0.25, 0.3) is 0 Å². The minimum Gasteiger partial charge on any atom is -0.329 e. The Bertz CT molecular complexity index is 1060. The number of nitrogens with zero attached hydrogens (tertiary/aromatic N) is 3. The molecule has 1 N–H and O–H groups in total. The van der Waals surface area contributed by atoms with E-state index in [1.807, 2.05) is 30.3 Å². The standard InChI is InChI=1S/C25H28F2N4OS/c1-30(2)24(32)31-25(18-9-4-3-5-10-18,15-8-16-28-20-11-6-7-12-20)33-23(29-31)21-17-19(26)13-14-22(21)27/h3-6,9-11,13-14,17,20,28H,7-8,12,15-16H2,1-2H3. The maximum absolute atomic E-state index is 14.7. The number of carbonyl (C=O) groups excluding carboxylic acids is 1. The molecule has 2 aromatic rings. The van der Waals surface area contributed by atoms with Crippen LogP contribution in [0, 0.1) is 11.6 Å². The second-order valence-corrected chi connectivity index (χ2v) is 9.71. The van der Waals surface area contributed by atoms with Crippen LogP contribution in [0.15, 0.2) is 65.8 Å². The van der Waals surface area contributed by atoms with Crippen molar-refractivity contribution in [3.05, 3.63) is 83.4 Å². The topological polar surface area (TPSA) is 47.9 Å². The normalized spacial score (nSPS) is 22.0. The summed E-state index contributed by atoms with van der Waals surface area (Å²) in [6.45, 7) is 0.776. The number of carbonyl (C=O) groups is 1. The van der Waals surface area contributed by atoms with Crippen molar-refractivity contribution in [3.8, 4) is 0 Å². The first-order chi connectivity index (χ1) is 15.9. The number of hydrogen-bond donors (Lipinski definition) is 1. The van der Waals surface area contributed by atoms with Gasteiger partial charge < -0.3 is 10.2 Å². The van der Waals surface area contributed by atoms with Gasteiger partial charge in [-0.25, -0.2) is 13.6 Å². The number of hydrogen-bond acceptors (Lipinski definition) is 4. The summed E-state index contributed by atoms with van der Waals surface area (Å²) in [5.74, 6) is -1.12. The zero-order valence-electron chi connectivity index (χ0n) is 18.8. The molecule has 1 aliphatic carbocycles. The van der Waals surface area contributed by atoms with Gasteiger partial charge in [-0.15, -0.1) is 0 Å². The van der Waals surface area contributed by atoms with Crippen molar-refractivity contribution in [2.75, 3.05) is 20.6 Å². The molecule has 0 radical (unpaired) electrons. The highest BCUT2D eigenvalue weighted by molar-refractivity contribution is 8.15. The predicted octanol–water partition coefficient (Wildman–Crippen LogP) is 5.30. The van der Waals surface area contributed by atoms with Gasteiger partial charge in [0.05, 0.1) is 0 Å². The van der Waals surface area contributed by atoms with Gasteiger partial charge in [-0.05, 0) is 56.0 Å². The predicted molar refractivity (Wildman–Crippen MR) is 129 cm³/mol. The first-order valence-electron chi connectivity index (χ1n) is 11.1. The summed E-state index contributed by atoms with van der Waals surface area (Å²) in [7, 11) is 3.32. The average Bonchev–Trinajstić information content (AvgIpc) is 3.47. The van der Waals surface area contributed by atoms with Crippen LogP contribution >= 0.6 is 11.8 Å². The van der Waals surface area contributed by atoms with Gasteiger partial charge in [-0.3, -0.25) is 0 Å². The van der Waals surface area contributed by atoms with Crippen molar-refractivity contribution in [1.82, 2.24) is 15.2 Å². The highest BCUT2D eigenvalue weighted by atomic mass is 32.2. The minimum absolute atomic E-state index is 0.0589. The van der Waals surface area contributed by atoms with Crippen LogP contribution in [0.1, 0.15) is 36.8 Å². The Hall–Kier alpha value is -2.71. The second-order valence-electron chi connectivity index (χ2n) is 8.44. The Kier molecular flexibility index (Phi) is 7.14. The summed E-state index contributed by atoms with van der Waals surface area (Å²) < 4.78 is 28.6. The second kappa shape index (κ2) is 10.1. The fourth-order valence-electron chi connectivity index (χ4n) is 4.15. The smallest absolute Gasteiger partial charge is 0.329 e. The molecule has 1 aliphatic heterocycles. The SMILES string of the molecule is CN(C)C(=O)N1N=C(c2cc(F)ccc2F)SC1(CCCNC1C=CCC1)c1ccccc1. The number of amides is 2. The van der Waals surface area contributed by atoms with Crippen LogP contribution in [0.2, 0.25) is 0 Å². The molecule has 5 nitrogen and oxygen atoms in total. The molecule has 0 aromatic heterocycles. The molecule has 1 heterocycles. The first kappa shape index (κ1) is 23.4. The van der Waals surface area contributed by atoms with E-state index in [0.29, 0.717) is 12.5 Å². The van der Waals surface area contributed by atoms with Crippen LogP contribution in [0.5, 0.6) is 0 Å². The lowest BCUT2D eigenvalue weighted by molar-refractivity contribution is 0.138. The Balaban J connectivity index is 1.68. The van der Waals surface area contributed by atoms with Gasteiger partial charge >= 0.3 is 6.03 Å². The summed E-state index contributed by atoms with van der Waals surface area (Å²) in [6.07, 6.45) is 7.92. The fraction of sp³-hybridized carbons (Fsp3) is 0.360. The molecule has 174 valence electrons. The number of hydrazone groups is 1. The number of allylic oxidation sites excluding steroid dienone is 1. The van der Waals surface area contributed by atoms with E-state index in [4.69, 9.17) is 0 Å². The van der Waals surface area contributed by atoms with Gasteiger partial charge in [0.25, 0.3) is 0 Å². The molecule has 0 spiro atoms. The van der Waals surface area contributed by atoms with Crippen molar-refractivity contribution >= 4 is 22.8 Å². The maximum Gasteiger partial charge on any atom is 0.341 e. The van der Waals surface area contributed by atoms with Gasteiger partial charge in [0.1, 0.15) is 21.5 Å². The Morgan fingerprint density at radius 1 is 1.24 bits per heavy atom.